The van der Waals surface area contributed by atoms with Crippen LogP contribution in [0.15, 0.2) is 42.5 Å². The Hall–Kier alpha value is -2.15. The van der Waals surface area contributed by atoms with E-state index >= 15 is 0 Å². The lowest BCUT2D eigenvalue weighted by Gasteiger charge is -2.34. The van der Waals surface area contributed by atoms with E-state index in [2.05, 4.69) is 48.3 Å². The van der Waals surface area contributed by atoms with Gasteiger partial charge in [-0.15, -0.1) is 0 Å². The third-order valence-electron chi connectivity index (χ3n) is 5.29. The van der Waals surface area contributed by atoms with E-state index in [0.29, 0.717) is 10.6 Å². The monoisotopic (exact) mass is 444 g/mol. The number of anilines is 2. The van der Waals surface area contributed by atoms with Crippen molar-refractivity contribution >= 4 is 46.2 Å². The largest absolute Gasteiger partial charge is 0.368 e. The lowest BCUT2D eigenvalue weighted by atomic mass is 9.87. The van der Waals surface area contributed by atoms with Crippen molar-refractivity contribution < 1.29 is 4.79 Å². The number of rotatable bonds is 3. The van der Waals surface area contributed by atoms with Crippen molar-refractivity contribution in [3.63, 3.8) is 0 Å². The summed E-state index contributed by atoms with van der Waals surface area (Å²) < 4.78 is 0. The van der Waals surface area contributed by atoms with E-state index in [1.807, 2.05) is 42.5 Å². The molecule has 0 radical (unpaired) electrons. The summed E-state index contributed by atoms with van der Waals surface area (Å²) in [5.74, 6) is -0.242. The Bertz CT molecular complexity index is 916. The Morgan fingerprint density at radius 1 is 1.03 bits per heavy atom. The quantitative estimate of drug-likeness (QED) is 0.682. The molecule has 7 heteroatoms. The first-order valence-electron chi connectivity index (χ1n) is 10.1. The van der Waals surface area contributed by atoms with Crippen LogP contribution in [0.4, 0.5) is 11.4 Å². The summed E-state index contributed by atoms with van der Waals surface area (Å²) >= 11 is 11.8. The number of carbonyl (C=O) groups excluding carboxylic acids is 1. The topological polar surface area (TPSA) is 47.6 Å². The Balaban J connectivity index is 1.59. The van der Waals surface area contributed by atoms with E-state index in [9.17, 15) is 4.79 Å². The van der Waals surface area contributed by atoms with Crippen molar-refractivity contribution in [2.24, 2.45) is 0 Å². The lowest BCUT2D eigenvalue weighted by Crippen LogP contribution is -2.44. The summed E-state index contributed by atoms with van der Waals surface area (Å²) in [7, 11) is 2.13. The third kappa shape index (κ3) is 5.72. The highest BCUT2D eigenvalue weighted by Crippen LogP contribution is 2.29. The molecule has 0 saturated carbocycles. The number of hydrogen-bond donors (Lipinski definition) is 2. The van der Waals surface area contributed by atoms with Crippen LogP contribution in [0.2, 0.25) is 5.02 Å². The Kier molecular flexibility index (Phi) is 7.01. The molecule has 2 aromatic rings. The van der Waals surface area contributed by atoms with Crippen molar-refractivity contribution in [2.75, 3.05) is 43.4 Å². The SMILES string of the molecule is CN1CCN(c2ccc(NC(=S)NC(=O)c3ccc(C(C)(C)C)cc3)cc2Cl)CC1. The number of hydrogen-bond acceptors (Lipinski definition) is 4. The second-order valence-corrected chi connectivity index (χ2v) is 9.51. The third-order valence-corrected chi connectivity index (χ3v) is 5.80. The molecule has 1 amide bonds. The fourth-order valence-corrected chi connectivity index (χ4v) is 3.86. The number of carbonyl (C=O) groups is 1. The van der Waals surface area contributed by atoms with Crippen molar-refractivity contribution in [3.8, 4) is 0 Å². The molecule has 0 unspecified atom stereocenters. The number of halogens is 1. The van der Waals surface area contributed by atoms with Crippen molar-refractivity contribution in [1.82, 2.24) is 10.2 Å². The van der Waals surface area contributed by atoms with Crippen LogP contribution in [-0.4, -0.2) is 49.1 Å². The van der Waals surface area contributed by atoms with Crippen molar-refractivity contribution in [1.29, 1.82) is 0 Å². The second kappa shape index (κ2) is 9.33. The molecular weight excluding hydrogens is 416 g/mol. The summed E-state index contributed by atoms with van der Waals surface area (Å²) in [6, 6.07) is 13.3. The molecule has 1 aliphatic rings. The van der Waals surface area contributed by atoms with Gasteiger partial charge in [0.15, 0.2) is 5.11 Å². The van der Waals surface area contributed by atoms with Gasteiger partial charge in [-0.3, -0.25) is 10.1 Å². The van der Waals surface area contributed by atoms with Gasteiger partial charge in [0.1, 0.15) is 0 Å². The van der Waals surface area contributed by atoms with E-state index in [4.69, 9.17) is 23.8 Å². The van der Waals surface area contributed by atoms with Crippen molar-refractivity contribution in [3.05, 3.63) is 58.6 Å². The Morgan fingerprint density at radius 3 is 2.23 bits per heavy atom. The van der Waals surface area contributed by atoms with Gasteiger partial charge in [-0.1, -0.05) is 44.5 Å². The van der Waals surface area contributed by atoms with Crippen LogP contribution in [0, 0.1) is 0 Å². The zero-order chi connectivity index (χ0) is 21.9. The highest BCUT2D eigenvalue weighted by atomic mass is 35.5. The molecule has 3 rings (SSSR count). The summed E-state index contributed by atoms with van der Waals surface area (Å²) in [5, 5.41) is 6.67. The van der Waals surface area contributed by atoms with Crippen LogP contribution in [0.25, 0.3) is 0 Å². The molecule has 0 aromatic heterocycles. The number of thiocarbonyl (C=S) groups is 1. The first kappa shape index (κ1) is 22.5. The predicted octanol–water partition coefficient (Wildman–Crippen LogP) is 4.52. The second-order valence-electron chi connectivity index (χ2n) is 8.69. The van der Waals surface area contributed by atoms with Gasteiger partial charge in [0.05, 0.1) is 10.7 Å². The predicted molar refractivity (Wildman–Crippen MR) is 130 cm³/mol. The molecule has 0 bridgehead atoms. The zero-order valence-electron chi connectivity index (χ0n) is 18.0. The van der Waals surface area contributed by atoms with Gasteiger partial charge < -0.3 is 15.1 Å². The maximum Gasteiger partial charge on any atom is 0.257 e. The standard InChI is InChI=1S/C23H29ClN4OS/c1-23(2,3)17-7-5-16(6-8-17)21(29)26-22(30)25-18-9-10-20(19(24)15-18)28-13-11-27(4)12-14-28/h5-10,15H,11-14H2,1-4H3,(H2,25,26,29,30). The van der Waals surface area contributed by atoms with E-state index in [-0.39, 0.29) is 16.4 Å². The number of benzene rings is 2. The van der Waals surface area contributed by atoms with Gasteiger partial charge in [-0.05, 0) is 60.6 Å². The minimum absolute atomic E-state index is 0.0431. The highest BCUT2D eigenvalue weighted by molar-refractivity contribution is 7.80. The normalized spacial score (nSPS) is 15.0. The minimum Gasteiger partial charge on any atom is -0.368 e. The fourth-order valence-electron chi connectivity index (χ4n) is 3.35. The average molecular weight is 445 g/mol. The molecule has 1 aliphatic heterocycles. The molecule has 0 atom stereocenters. The van der Waals surface area contributed by atoms with E-state index in [1.54, 1.807) is 0 Å². The molecule has 2 N–H and O–H groups in total. The molecular formula is C23H29ClN4OS. The molecule has 1 heterocycles. The smallest absolute Gasteiger partial charge is 0.257 e. The summed E-state index contributed by atoms with van der Waals surface area (Å²) in [6.45, 7) is 10.4. The molecule has 160 valence electrons. The van der Waals surface area contributed by atoms with Crippen LogP contribution < -0.4 is 15.5 Å². The summed E-state index contributed by atoms with van der Waals surface area (Å²) in [5.41, 5.74) is 3.54. The van der Waals surface area contributed by atoms with Crippen LogP contribution >= 0.6 is 23.8 Å². The van der Waals surface area contributed by atoms with Crippen LogP contribution in [0.5, 0.6) is 0 Å². The van der Waals surface area contributed by atoms with Gasteiger partial charge in [-0.25, -0.2) is 0 Å². The molecule has 5 nitrogen and oxygen atoms in total. The van der Waals surface area contributed by atoms with Gasteiger partial charge in [-0.2, -0.15) is 0 Å². The maximum atomic E-state index is 12.5. The number of likely N-dealkylation sites (N-methyl/N-ethyl adjacent to an activating group) is 1. The molecule has 1 saturated heterocycles. The van der Waals surface area contributed by atoms with Crippen LogP contribution in [0.1, 0.15) is 36.7 Å². The van der Waals surface area contributed by atoms with Gasteiger partial charge in [0.25, 0.3) is 5.91 Å². The number of amides is 1. The van der Waals surface area contributed by atoms with E-state index in [1.165, 1.54) is 5.56 Å². The van der Waals surface area contributed by atoms with Gasteiger partial charge in [0, 0.05) is 37.4 Å². The van der Waals surface area contributed by atoms with Gasteiger partial charge >= 0.3 is 0 Å². The number of piperazine rings is 1. The minimum atomic E-state index is -0.242. The zero-order valence-corrected chi connectivity index (χ0v) is 19.5. The maximum absolute atomic E-state index is 12.5. The molecule has 0 spiro atoms. The summed E-state index contributed by atoms with van der Waals surface area (Å²) in [6.07, 6.45) is 0. The van der Waals surface area contributed by atoms with E-state index in [0.717, 1.165) is 37.6 Å². The number of nitrogens with one attached hydrogen (secondary N) is 2. The molecule has 30 heavy (non-hydrogen) atoms. The van der Waals surface area contributed by atoms with E-state index < -0.39 is 0 Å². The first-order chi connectivity index (χ1) is 14.1. The van der Waals surface area contributed by atoms with Crippen LogP contribution in [-0.2, 0) is 5.41 Å². The molecule has 1 fully saturated rings. The first-order valence-corrected chi connectivity index (χ1v) is 10.9. The Morgan fingerprint density at radius 2 is 1.67 bits per heavy atom. The lowest BCUT2D eigenvalue weighted by molar-refractivity contribution is 0.0977. The average Bonchev–Trinajstić information content (AvgIpc) is 2.68. The van der Waals surface area contributed by atoms with Crippen LogP contribution in [0.3, 0.4) is 0 Å². The van der Waals surface area contributed by atoms with Crippen molar-refractivity contribution in [2.45, 2.75) is 26.2 Å². The highest BCUT2D eigenvalue weighted by Gasteiger charge is 2.17. The molecule has 0 aliphatic carbocycles. The number of nitrogens with zero attached hydrogens (tertiary/aromatic N) is 2. The fraction of sp³-hybridized carbons (Fsp3) is 0.391. The van der Waals surface area contributed by atoms with Gasteiger partial charge in [0.2, 0.25) is 0 Å². The summed E-state index contributed by atoms with van der Waals surface area (Å²) in [4.78, 5) is 17.1. The Labute approximate surface area is 189 Å². The molecule has 2 aromatic carbocycles.